The first-order chi connectivity index (χ1) is 26.8. The van der Waals surface area contributed by atoms with Crippen molar-refractivity contribution in [2.75, 3.05) is 34.0 Å². The first-order valence-electron chi connectivity index (χ1n) is 22.7. The number of Topliss-reactive ketones (excluding diaryl/α,β-unsaturated/α-hetero) is 2. The van der Waals surface area contributed by atoms with Crippen molar-refractivity contribution in [1.82, 2.24) is 16.0 Å². The summed E-state index contributed by atoms with van der Waals surface area (Å²) in [6, 6.07) is 0. The Morgan fingerprint density at radius 2 is 0.964 bits per heavy atom. The molecule has 0 rings (SSSR count). The smallest absolute Gasteiger partial charge is 0.239 e. The monoisotopic (exact) mass is 790 g/mol. The van der Waals surface area contributed by atoms with Crippen LogP contribution in [-0.2, 0) is 19.1 Å². The van der Waals surface area contributed by atoms with Crippen LogP contribution in [0.4, 0.5) is 0 Å². The van der Waals surface area contributed by atoms with E-state index in [-0.39, 0.29) is 29.7 Å². The highest BCUT2D eigenvalue weighted by Gasteiger charge is 2.46. The van der Waals surface area contributed by atoms with E-state index in [0.29, 0.717) is 19.3 Å². The number of allylic oxidation sites excluding steroid dienone is 4. The lowest BCUT2D eigenvalue weighted by Gasteiger charge is -2.42. The average Bonchev–Trinajstić information content (AvgIpc) is 3.20. The van der Waals surface area contributed by atoms with Gasteiger partial charge in [-0.3, -0.25) is 25.5 Å². The number of unbranched alkanes of at least 4 members (excludes halogenated alkanes) is 22. The maximum atomic E-state index is 14.3. The van der Waals surface area contributed by atoms with Crippen molar-refractivity contribution in [2.24, 2.45) is 5.41 Å². The Bertz CT molecular complexity index is 1030. The topological polar surface area (TPSA) is 96.5 Å². The molecule has 0 aliphatic rings. The Labute approximate surface area is 344 Å². The lowest BCUT2D eigenvalue weighted by Crippen LogP contribution is -2.66. The van der Waals surface area contributed by atoms with Gasteiger partial charge in [0.15, 0.2) is 5.94 Å². The fourth-order valence-electron chi connectivity index (χ4n) is 7.40. The summed E-state index contributed by atoms with van der Waals surface area (Å²) in [6.07, 6.45) is 43.6. The van der Waals surface area contributed by atoms with Gasteiger partial charge in [0.25, 0.3) is 0 Å². The third kappa shape index (κ3) is 28.4. The summed E-state index contributed by atoms with van der Waals surface area (Å²) < 4.78 is 5.95. The Hall–Kier alpha value is -1.70. The first-order valence-corrected chi connectivity index (χ1v) is 23.9. The second-order valence-electron chi connectivity index (χ2n) is 15.8. The van der Waals surface area contributed by atoms with Gasteiger partial charge in [-0.15, -0.1) is 0 Å². The van der Waals surface area contributed by atoms with Gasteiger partial charge in [0.05, 0.1) is 5.41 Å². The number of carbonyl (C=O) groups is 2. The van der Waals surface area contributed by atoms with E-state index in [9.17, 15) is 14.4 Å². The van der Waals surface area contributed by atoms with Gasteiger partial charge in [0.1, 0.15) is 24.0 Å². The van der Waals surface area contributed by atoms with Crippen molar-refractivity contribution >= 4 is 29.3 Å². The van der Waals surface area contributed by atoms with E-state index in [1.54, 1.807) is 6.26 Å². The van der Waals surface area contributed by atoms with E-state index in [2.05, 4.69) is 54.1 Å². The largest absolute Gasteiger partial charge is 0.478 e. The molecule has 0 unspecified atom stereocenters. The van der Waals surface area contributed by atoms with E-state index >= 15 is 0 Å². The number of rotatable bonds is 42. The molecule has 0 saturated carbocycles. The van der Waals surface area contributed by atoms with E-state index < -0.39 is 11.2 Å². The molecule has 0 aliphatic heterocycles. The SMILES string of the molecule is CCCCCCCC/C=C\CCCCCCCC(=O)C[C@](COC(=C=O)SC)(CC(NC)(NC)NC)C(=O)CCCCCCC/C=C\CCCCCCCC. The van der Waals surface area contributed by atoms with Crippen LogP contribution in [-0.4, -0.2) is 57.3 Å². The Kier molecular flexibility index (Phi) is 36.7. The molecule has 0 heterocycles. The van der Waals surface area contributed by atoms with Gasteiger partial charge in [-0.2, -0.15) is 0 Å². The molecule has 0 aromatic carbocycles. The molecule has 3 N–H and O–H groups in total. The standard InChI is InChI=1S/C47H87N3O4S/c1-7-9-11-13-15-17-19-21-23-25-27-29-31-33-35-37-43(52)39-46(42-54-45(40-51)55-6,41-47(48-3,49-4)50-5)44(53)38-36-34-32-30-28-26-24-22-20-18-16-14-12-10-8-2/h21-24,48-50H,7-20,25-39,41-42H2,1-6H3/b23-21-,24-22-/t46-/m1/s1. The first kappa shape index (κ1) is 53.3. The average molecular weight is 790 g/mol. The Balaban J connectivity index is 5.08. The van der Waals surface area contributed by atoms with Crippen LogP contribution in [0.3, 0.4) is 0 Å². The van der Waals surface area contributed by atoms with E-state index in [1.165, 1.54) is 121 Å². The number of thioether (sulfide) groups is 1. The molecular weight excluding hydrogens is 703 g/mol. The zero-order valence-corrected chi connectivity index (χ0v) is 37.6. The van der Waals surface area contributed by atoms with E-state index in [1.807, 2.05) is 27.1 Å². The predicted molar refractivity (Wildman–Crippen MR) is 239 cm³/mol. The molecule has 0 radical (unpaired) electrons. The van der Waals surface area contributed by atoms with Crippen molar-refractivity contribution in [2.45, 2.75) is 212 Å². The molecule has 0 spiro atoms. The molecule has 8 heteroatoms. The van der Waals surface area contributed by atoms with Crippen LogP contribution in [0, 0.1) is 5.41 Å². The van der Waals surface area contributed by atoms with Crippen molar-refractivity contribution in [1.29, 1.82) is 0 Å². The van der Waals surface area contributed by atoms with Crippen LogP contribution >= 0.6 is 11.8 Å². The van der Waals surface area contributed by atoms with Crippen LogP contribution in [0.15, 0.2) is 29.4 Å². The second kappa shape index (κ2) is 37.9. The van der Waals surface area contributed by atoms with Crippen LogP contribution in [0.25, 0.3) is 0 Å². The van der Waals surface area contributed by atoms with Crippen LogP contribution in [0.2, 0.25) is 0 Å². The number of hydrogen-bond donors (Lipinski definition) is 3. The molecule has 0 amide bonds. The van der Waals surface area contributed by atoms with Gasteiger partial charge in [-0.25, -0.2) is 4.79 Å². The number of ether oxygens (including phenoxy) is 1. The molecule has 55 heavy (non-hydrogen) atoms. The summed E-state index contributed by atoms with van der Waals surface area (Å²) >= 11 is 1.17. The number of carbonyl (C=O) groups excluding carboxylic acids is 3. The number of ketones is 2. The van der Waals surface area contributed by atoms with Gasteiger partial charge < -0.3 is 4.74 Å². The minimum absolute atomic E-state index is 0.0273. The van der Waals surface area contributed by atoms with E-state index in [4.69, 9.17) is 4.74 Å². The minimum atomic E-state index is -1.10. The molecule has 0 aromatic heterocycles. The van der Waals surface area contributed by atoms with Crippen molar-refractivity contribution in [3.05, 3.63) is 29.4 Å². The summed E-state index contributed by atoms with van der Waals surface area (Å²) in [6.45, 7) is 4.49. The van der Waals surface area contributed by atoms with Gasteiger partial charge in [0, 0.05) is 25.7 Å². The fraction of sp³-hybridized carbons (Fsp3) is 0.830. The molecule has 0 saturated heterocycles. The fourth-order valence-corrected chi connectivity index (χ4v) is 7.66. The van der Waals surface area contributed by atoms with Crippen molar-refractivity contribution in [3.63, 3.8) is 0 Å². The third-order valence-corrected chi connectivity index (χ3v) is 11.7. The van der Waals surface area contributed by atoms with Gasteiger partial charge >= 0.3 is 0 Å². The quantitative estimate of drug-likeness (QED) is 0.0185. The number of nitrogens with one attached hydrogen (secondary N) is 3. The lowest BCUT2D eigenvalue weighted by atomic mass is 9.72. The van der Waals surface area contributed by atoms with Gasteiger partial charge in [-0.05, 0) is 91.6 Å². The zero-order chi connectivity index (χ0) is 40.7. The molecule has 0 aliphatic carbocycles. The Morgan fingerprint density at radius 3 is 1.35 bits per heavy atom. The molecule has 0 fully saturated rings. The summed E-state index contributed by atoms with van der Waals surface area (Å²) in [7, 11) is 5.50. The highest BCUT2D eigenvalue weighted by atomic mass is 32.2. The number of hydrogen-bond acceptors (Lipinski definition) is 8. The molecule has 0 aromatic rings. The third-order valence-electron chi connectivity index (χ3n) is 11.1. The normalized spacial score (nSPS) is 13.1. The lowest BCUT2D eigenvalue weighted by molar-refractivity contribution is -0.139. The molecule has 7 nitrogen and oxygen atoms in total. The van der Waals surface area contributed by atoms with Crippen LogP contribution in [0.1, 0.15) is 206 Å². The molecular formula is C47H87N3O4S. The van der Waals surface area contributed by atoms with Gasteiger partial charge in [0.2, 0.25) is 5.09 Å². The van der Waals surface area contributed by atoms with Crippen LogP contribution < -0.4 is 16.0 Å². The van der Waals surface area contributed by atoms with E-state index in [0.717, 1.165) is 57.8 Å². The molecule has 1 atom stereocenters. The summed E-state index contributed by atoms with van der Waals surface area (Å²) in [4.78, 5) is 39.6. The minimum Gasteiger partial charge on any atom is -0.478 e. The summed E-state index contributed by atoms with van der Waals surface area (Å²) in [5, 5.41) is 9.99. The Morgan fingerprint density at radius 1 is 0.582 bits per heavy atom. The van der Waals surface area contributed by atoms with Crippen molar-refractivity contribution < 1.29 is 19.1 Å². The van der Waals surface area contributed by atoms with Crippen LogP contribution in [0.5, 0.6) is 0 Å². The van der Waals surface area contributed by atoms with Gasteiger partial charge in [-0.1, -0.05) is 153 Å². The zero-order valence-electron chi connectivity index (χ0n) is 36.8. The second-order valence-corrected chi connectivity index (χ2v) is 16.6. The molecule has 320 valence electrons. The predicted octanol–water partition coefficient (Wildman–Crippen LogP) is 12.3. The highest BCUT2D eigenvalue weighted by Crippen LogP contribution is 2.37. The summed E-state index contributed by atoms with van der Waals surface area (Å²) in [5.41, 5.74) is -1.10. The molecule has 0 bridgehead atoms. The maximum absolute atomic E-state index is 14.3. The van der Waals surface area contributed by atoms with Crippen molar-refractivity contribution in [3.8, 4) is 0 Å². The maximum Gasteiger partial charge on any atom is 0.239 e. The summed E-state index contributed by atoms with van der Waals surface area (Å²) in [5.74, 6) is 1.17. The highest BCUT2D eigenvalue weighted by molar-refractivity contribution is 8.02.